The summed E-state index contributed by atoms with van der Waals surface area (Å²) in [6, 6.07) is 12.2. The standard InChI is InChI=1S/C17H18N4O/c22-17-10-13-5-4-12(14-3-1-2-6-19-14)9-15(13)21-8-7-18-11-16(21)20-17/h1-6,9,16,18H,7-8,10-11H2,(H,20,22). The largest absolute Gasteiger partial charge is 0.349 e. The first-order valence-corrected chi connectivity index (χ1v) is 7.62. The van der Waals surface area contributed by atoms with Crippen molar-refractivity contribution in [1.82, 2.24) is 15.6 Å². The van der Waals surface area contributed by atoms with E-state index in [1.807, 2.05) is 18.2 Å². The first-order valence-electron chi connectivity index (χ1n) is 7.62. The molecule has 1 fully saturated rings. The number of nitrogens with zero attached hydrogens (tertiary/aromatic N) is 2. The molecule has 2 aliphatic rings. The Bertz CT molecular complexity index is 701. The van der Waals surface area contributed by atoms with Gasteiger partial charge in [-0.25, -0.2) is 0 Å². The summed E-state index contributed by atoms with van der Waals surface area (Å²) in [4.78, 5) is 18.8. The maximum Gasteiger partial charge on any atom is 0.226 e. The summed E-state index contributed by atoms with van der Waals surface area (Å²) in [6.07, 6.45) is 2.27. The van der Waals surface area contributed by atoms with Gasteiger partial charge >= 0.3 is 0 Å². The van der Waals surface area contributed by atoms with Gasteiger partial charge in [0.15, 0.2) is 0 Å². The Labute approximate surface area is 129 Å². The fourth-order valence-electron chi connectivity index (χ4n) is 3.20. The topological polar surface area (TPSA) is 57.3 Å². The maximum absolute atomic E-state index is 12.1. The zero-order valence-corrected chi connectivity index (χ0v) is 12.2. The number of carbonyl (C=O) groups excluding carboxylic acids is 1. The van der Waals surface area contributed by atoms with Crippen LogP contribution in [0.2, 0.25) is 0 Å². The van der Waals surface area contributed by atoms with Crippen LogP contribution >= 0.6 is 0 Å². The highest BCUT2D eigenvalue weighted by Gasteiger charge is 2.29. The lowest BCUT2D eigenvalue weighted by Gasteiger charge is -2.37. The second-order valence-electron chi connectivity index (χ2n) is 5.72. The van der Waals surface area contributed by atoms with Gasteiger partial charge in [0.05, 0.1) is 12.1 Å². The van der Waals surface area contributed by atoms with Crippen LogP contribution in [0.25, 0.3) is 11.3 Å². The number of rotatable bonds is 1. The average Bonchev–Trinajstić information content (AvgIpc) is 2.70. The van der Waals surface area contributed by atoms with E-state index in [1.54, 1.807) is 6.20 Å². The number of hydrogen-bond donors (Lipinski definition) is 2. The molecule has 4 rings (SSSR count). The molecule has 3 heterocycles. The summed E-state index contributed by atoms with van der Waals surface area (Å²) in [5.41, 5.74) is 4.28. The molecule has 112 valence electrons. The van der Waals surface area contributed by atoms with E-state index in [0.29, 0.717) is 6.42 Å². The van der Waals surface area contributed by atoms with Gasteiger partial charge in [-0.15, -0.1) is 0 Å². The van der Waals surface area contributed by atoms with E-state index in [4.69, 9.17) is 0 Å². The molecule has 1 aromatic heterocycles. The van der Waals surface area contributed by atoms with E-state index in [1.165, 1.54) is 0 Å². The molecular formula is C17H18N4O. The molecule has 0 saturated carbocycles. The fraction of sp³-hybridized carbons (Fsp3) is 0.294. The van der Waals surface area contributed by atoms with Crippen LogP contribution in [-0.2, 0) is 11.2 Å². The number of carbonyl (C=O) groups is 1. The lowest BCUT2D eigenvalue weighted by molar-refractivity contribution is -0.121. The monoisotopic (exact) mass is 294 g/mol. The molecule has 1 aromatic carbocycles. The molecule has 0 aliphatic carbocycles. The van der Waals surface area contributed by atoms with Gasteiger partial charge in [0.2, 0.25) is 5.91 Å². The number of pyridine rings is 1. The number of benzene rings is 1. The highest BCUT2D eigenvalue weighted by atomic mass is 16.1. The van der Waals surface area contributed by atoms with E-state index in [0.717, 1.165) is 42.1 Å². The van der Waals surface area contributed by atoms with Crippen LogP contribution in [0.15, 0.2) is 42.6 Å². The first-order chi connectivity index (χ1) is 10.8. The van der Waals surface area contributed by atoms with Crippen molar-refractivity contribution in [2.75, 3.05) is 24.5 Å². The van der Waals surface area contributed by atoms with Gasteiger partial charge in [0.1, 0.15) is 6.17 Å². The van der Waals surface area contributed by atoms with Crippen molar-refractivity contribution in [3.8, 4) is 11.3 Å². The smallest absolute Gasteiger partial charge is 0.226 e. The predicted molar refractivity (Wildman–Crippen MR) is 85.5 cm³/mol. The number of anilines is 1. The highest BCUT2D eigenvalue weighted by Crippen LogP contribution is 2.30. The van der Waals surface area contributed by atoms with E-state index in [2.05, 4.69) is 38.7 Å². The molecule has 1 atom stereocenters. The second kappa shape index (κ2) is 5.42. The molecule has 5 heteroatoms. The molecule has 2 aliphatic heterocycles. The summed E-state index contributed by atoms with van der Waals surface area (Å²) < 4.78 is 0. The predicted octanol–water partition coefficient (Wildman–Crippen LogP) is 1.16. The molecule has 1 amide bonds. The number of fused-ring (bicyclic) bond motifs is 3. The van der Waals surface area contributed by atoms with Crippen molar-refractivity contribution in [3.63, 3.8) is 0 Å². The van der Waals surface area contributed by atoms with Gasteiger partial charge < -0.3 is 15.5 Å². The normalized spacial score (nSPS) is 20.6. The summed E-state index contributed by atoms with van der Waals surface area (Å²) in [5.74, 6) is 0.0861. The van der Waals surface area contributed by atoms with E-state index < -0.39 is 0 Å². The number of nitrogens with one attached hydrogen (secondary N) is 2. The van der Waals surface area contributed by atoms with Crippen LogP contribution in [-0.4, -0.2) is 36.7 Å². The number of amides is 1. The van der Waals surface area contributed by atoms with Crippen molar-refractivity contribution in [3.05, 3.63) is 48.2 Å². The molecule has 22 heavy (non-hydrogen) atoms. The van der Waals surface area contributed by atoms with Crippen LogP contribution in [0.4, 0.5) is 5.69 Å². The maximum atomic E-state index is 12.1. The second-order valence-corrected chi connectivity index (χ2v) is 5.72. The lowest BCUT2D eigenvalue weighted by Crippen LogP contribution is -2.58. The number of hydrogen-bond acceptors (Lipinski definition) is 4. The summed E-state index contributed by atoms with van der Waals surface area (Å²) in [7, 11) is 0. The summed E-state index contributed by atoms with van der Waals surface area (Å²) >= 11 is 0. The van der Waals surface area contributed by atoms with Crippen LogP contribution < -0.4 is 15.5 Å². The zero-order valence-electron chi connectivity index (χ0n) is 12.2. The van der Waals surface area contributed by atoms with Crippen LogP contribution in [0, 0.1) is 0 Å². The Kier molecular flexibility index (Phi) is 3.27. The average molecular weight is 294 g/mol. The van der Waals surface area contributed by atoms with E-state index >= 15 is 0 Å². The van der Waals surface area contributed by atoms with Crippen molar-refractivity contribution < 1.29 is 4.79 Å². The Hall–Kier alpha value is -2.40. The summed E-state index contributed by atoms with van der Waals surface area (Å²) in [6.45, 7) is 2.60. The van der Waals surface area contributed by atoms with Gasteiger partial charge in [-0.05, 0) is 23.8 Å². The molecule has 2 N–H and O–H groups in total. The minimum atomic E-state index is 0.0292. The fourth-order valence-corrected chi connectivity index (χ4v) is 3.20. The third kappa shape index (κ3) is 2.33. The van der Waals surface area contributed by atoms with Crippen molar-refractivity contribution in [1.29, 1.82) is 0 Å². The van der Waals surface area contributed by atoms with Crippen LogP contribution in [0.1, 0.15) is 5.56 Å². The van der Waals surface area contributed by atoms with Crippen LogP contribution in [0.3, 0.4) is 0 Å². The first kappa shape index (κ1) is 13.3. The van der Waals surface area contributed by atoms with Gasteiger partial charge in [-0.1, -0.05) is 18.2 Å². The molecule has 1 unspecified atom stereocenters. The summed E-state index contributed by atoms with van der Waals surface area (Å²) in [5, 5.41) is 6.44. The van der Waals surface area contributed by atoms with Gasteiger partial charge in [0, 0.05) is 37.1 Å². The Morgan fingerprint density at radius 3 is 3.05 bits per heavy atom. The van der Waals surface area contributed by atoms with Gasteiger partial charge in [-0.2, -0.15) is 0 Å². The minimum Gasteiger partial charge on any atom is -0.349 e. The Morgan fingerprint density at radius 2 is 2.18 bits per heavy atom. The minimum absolute atomic E-state index is 0.0292. The number of piperazine rings is 1. The lowest BCUT2D eigenvalue weighted by atomic mass is 10.0. The van der Waals surface area contributed by atoms with Crippen molar-refractivity contribution in [2.24, 2.45) is 0 Å². The Morgan fingerprint density at radius 1 is 1.23 bits per heavy atom. The van der Waals surface area contributed by atoms with Crippen molar-refractivity contribution in [2.45, 2.75) is 12.6 Å². The molecule has 0 radical (unpaired) electrons. The molecule has 2 aromatic rings. The quantitative estimate of drug-likeness (QED) is 0.828. The van der Waals surface area contributed by atoms with Gasteiger partial charge in [0.25, 0.3) is 0 Å². The molecular weight excluding hydrogens is 276 g/mol. The highest BCUT2D eigenvalue weighted by molar-refractivity contribution is 5.84. The number of aromatic nitrogens is 1. The SMILES string of the molecule is O=C1Cc2ccc(-c3ccccn3)cc2N2CCNCC2N1. The molecule has 5 nitrogen and oxygen atoms in total. The van der Waals surface area contributed by atoms with Crippen LogP contribution in [0.5, 0.6) is 0 Å². The molecule has 0 spiro atoms. The Balaban J connectivity index is 1.80. The zero-order chi connectivity index (χ0) is 14.9. The van der Waals surface area contributed by atoms with Gasteiger partial charge in [-0.3, -0.25) is 9.78 Å². The van der Waals surface area contributed by atoms with Crippen molar-refractivity contribution >= 4 is 11.6 Å². The van der Waals surface area contributed by atoms with E-state index in [-0.39, 0.29) is 12.1 Å². The third-order valence-corrected chi connectivity index (χ3v) is 4.28. The molecule has 1 saturated heterocycles. The molecule has 0 bridgehead atoms. The third-order valence-electron chi connectivity index (χ3n) is 4.28. The van der Waals surface area contributed by atoms with E-state index in [9.17, 15) is 4.79 Å².